The highest BCUT2D eigenvalue weighted by molar-refractivity contribution is 7.16. The van der Waals surface area contributed by atoms with Crippen molar-refractivity contribution in [2.45, 2.75) is 19.4 Å². The molecule has 8 heteroatoms. The van der Waals surface area contributed by atoms with E-state index in [1.807, 2.05) is 42.2 Å². The maximum atomic E-state index is 11.6. The summed E-state index contributed by atoms with van der Waals surface area (Å²) in [5, 5.41) is 2.87. The molecule has 4 heterocycles. The molecule has 0 radical (unpaired) electrons. The average molecular weight is 393 g/mol. The van der Waals surface area contributed by atoms with Crippen LogP contribution in [0.3, 0.4) is 0 Å². The van der Waals surface area contributed by atoms with Crippen LogP contribution in [0.2, 0.25) is 0 Å². The average Bonchev–Trinajstić information content (AvgIpc) is 3.41. The van der Waals surface area contributed by atoms with Gasteiger partial charge in [-0.15, -0.1) is 11.3 Å². The van der Waals surface area contributed by atoms with Crippen LogP contribution in [0.4, 0.5) is 0 Å². The van der Waals surface area contributed by atoms with Crippen LogP contribution in [0, 0.1) is 5.92 Å². The number of benzene rings is 1. The van der Waals surface area contributed by atoms with Gasteiger partial charge in [0.15, 0.2) is 0 Å². The lowest BCUT2D eigenvalue weighted by Gasteiger charge is -2.20. The van der Waals surface area contributed by atoms with Gasteiger partial charge >= 0.3 is 0 Å². The van der Waals surface area contributed by atoms with Crippen molar-refractivity contribution < 1.29 is 9.53 Å². The Balaban J connectivity index is 1.57. The highest BCUT2D eigenvalue weighted by atomic mass is 32.1. The minimum absolute atomic E-state index is 0.0735. The highest BCUT2D eigenvalue weighted by Gasteiger charge is 2.29. The fourth-order valence-electron chi connectivity index (χ4n) is 3.62. The lowest BCUT2D eigenvalue weighted by atomic mass is 10.0. The molecule has 1 aliphatic heterocycles. The molecule has 5 rings (SSSR count). The standard InChI is InChI=1S/C20H19N5O2S/c1-11(13-6-18(26)21-8-13)27-20-19-16(22-9-25(19)2)7-14(24-20)12-3-4-17-15(5-12)23-10-28-17/h3-5,7,9-11,13H,6,8H2,1-2H3,(H,21,26). The number of amides is 1. The van der Waals surface area contributed by atoms with Crippen molar-refractivity contribution in [1.82, 2.24) is 24.8 Å². The molecule has 142 valence electrons. The van der Waals surface area contributed by atoms with E-state index < -0.39 is 0 Å². The maximum absolute atomic E-state index is 11.6. The maximum Gasteiger partial charge on any atom is 0.241 e. The van der Waals surface area contributed by atoms with Crippen LogP contribution in [0.5, 0.6) is 5.88 Å². The second-order valence-electron chi connectivity index (χ2n) is 7.16. The van der Waals surface area contributed by atoms with E-state index in [9.17, 15) is 4.79 Å². The smallest absolute Gasteiger partial charge is 0.241 e. The second kappa shape index (κ2) is 6.56. The van der Waals surface area contributed by atoms with E-state index in [1.54, 1.807) is 17.7 Å². The number of nitrogens with one attached hydrogen (secondary N) is 1. The molecule has 0 bridgehead atoms. The first-order valence-electron chi connectivity index (χ1n) is 9.17. The van der Waals surface area contributed by atoms with Crippen molar-refractivity contribution in [2.75, 3.05) is 6.54 Å². The third kappa shape index (κ3) is 2.90. The van der Waals surface area contributed by atoms with Gasteiger partial charge < -0.3 is 14.6 Å². The summed E-state index contributed by atoms with van der Waals surface area (Å²) >= 11 is 1.62. The van der Waals surface area contributed by atoms with Gasteiger partial charge in [-0.2, -0.15) is 0 Å². The molecule has 1 amide bonds. The summed E-state index contributed by atoms with van der Waals surface area (Å²) in [6.07, 6.45) is 2.11. The largest absolute Gasteiger partial charge is 0.473 e. The normalized spacial score (nSPS) is 17.9. The summed E-state index contributed by atoms with van der Waals surface area (Å²) in [5.74, 6) is 0.745. The minimum Gasteiger partial charge on any atom is -0.473 e. The van der Waals surface area contributed by atoms with Gasteiger partial charge in [-0.3, -0.25) is 4.79 Å². The Morgan fingerprint density at radius 2 is 2.18 bits per heavy atom. The van der Waals surface area contributed by atoms with Crippen LogP contribution >= 0.6 is 11.3 Å². The zero-order chi connectivity index (χ0) is 19.3. The first kappa shape index (κ1) is 17.1. The molecule has 1 fully saturated rings. The van der Waals surface area contributed by atoms with Crippen molar-refractivity contribution in [2.24, 2.45) is 13.0 Å². The van der Waals surface area contributed by atoms with E-state index in [2.05, 4.69) is 21.4 Å². The van der Waals surface area contributed by atoms with E-state index in [0.717, 1.165) is 32.5 Å². The van der Waals surface area contributed by atoms with Gasteiger partial charge in [0.05, 0.1) is 33.3 Å². The Morgan fingerprint density at radius 3 is 3.00 bits per heavy atom. The summed E-state index contributed by atoms with van der Waals surface area (Å²) < 4.78 is 9.31. The number of hydrogen-bond acceptors (Lipinski definition) is 6. The molecule has 4 aromatic rings. The quantitative estimate of drug-likeness (QED) is 0.576. The molecule has 28 heavy (non-hydrogen) atoms. The molecule has 2 unspecified atom stereocenters. The predicted molar refractivity (Wildman–Crippen MR) is 108 cm³/mol. The fraction of sp³-hybridized carbons (Fsp3) is 0.300. The Bertz CT molecular complexity index is 1200. The monoisotopic (exact) mass is 393 g/mol. The molecule has 1 saturated heterocycles. The van der Waals surface area contributed by atoms with Crippen molar-refractivity contribution in [1.29, 1.82) is 0 Å². The zero-order valence-corrected chi connectivity index (χ0v) is 16.4. The molecule has 7 nitrogen and oxygen atoms in total. The Hall–Kier alpha value is -3.00. The van der Waals surface area contributed by atoms with Gasteiger partial charge in [0.2, 0.25) is 11.8 Å². The van der Waals surface area contributed by atoms with Crippen molar-refractivity contribution in [3.63, 3.8) is 0 Å². The van der Waals surface area contributed by atoms with Gasteiger partial charge in [-0.25, -0.2) is 15.0 Å². The number of nitrogens with zero attached hydrogens (tertiary/aromatic N) is 4. The van der Waals surface area contributed by atoms with Gasteiger partial charge in [-0.1, -0.05) is 6.07 Å². The van der Waals surface area contributed by atoms with Crippen LogP contribution in [-0.4, -0.2) is 38.1 Å². The van der Waals surface area contributed by atoms with Gasteiger partial charge in [0.1, 0.15) is 11.6 Å². The Kier molecular flexibility index (Phi) is 4.01. The number of imidazole rings is 1. The van der Waals surface area contributed by atoms with Crippen molar-refractivity contribution in [3.05, 3.63) is 36.1 Å². The fourth-order valence-corrected chi connectivity index (χ4v) is 4.28. The van der Waals surface area contributed by atoms with E-state index in [4.69, 9.17) is 9.72 Å². The van der Waals surface area contributed by atoms with Crippen LogP contribution in [-0.2, 0) is 11.8 Å². The SMILES string of the molecule is CC(Oc1nc(-c2ccc3scnc3c2)cc2ncn(C)c12)C1CNC(=O)C1. The summed E-state index contributed by atoms with van der Waals surface area (Å²) in [4.78, 5) is 25.3. The number of pyridine rings is 1. The molecule has 0 spiro atoms. The topological polar surface area (TPSA) is 81.9 Å². The van der Waals surface area contributed by atoms with E-state index in [0.29, 0.717) is 18.8 Å². The van der Waals surface area contributed by atoms with Gasteiger partial charge in [0.25, 0.3) is 0 Å². The number of carbonyl (C=O) groups excluding carboxylic acids is 1. The molecular weight excluding hydrogens is 374 g/mol. The van der Waals surface area contributed by atoms with Crippen molar-refractivity contribution >= 4 is 38.5 Å². The summed E-state index contributed by atoms with van der Waals surface area (Å²) in [5.41, 5.74) is 6.25. The number of ether oxygens (including phenoxy) is 1. The Labute approximate surface area is 165 Å². The lowest BCUT2D eigenvalue weighted by molar-refractivity contribution is -0.119. The number of aromatic nitrogens is 4. The van der Waals surface area contributed by atoms with Crippen molar-refractivity contribution in [3.8, 4) is 17.1 Å². The van der Waals surface area contributed by atoms with Gasteiger partial charge in [0, 0.05) is 31.5 Å². The molecule has 2 atom stereocenters. The number of hydrogen-bond donors (Lipinski definition) is 1. The van der Waals surface area contributed by atoms with E-state index in [1.165, 1.54) is 0 Å². The lowest BCUT2D eigenvalue weighted by Crippen LogP contribution is -2.26. The van der Waals surface area contributed by atoms with Gasteiger partial charge in [-0.05, 0) is 25.1 Å². The summed E-state index contributed by atoms with van der Waals surface area (Å²) in [7, 11) is 1.93. The second-order valence-corrected chi connectivity index (χ2v) is 8.05. The van der Waals surface area contributed by atoms with E-state index >= 15 is 0 Å². The summed E-state index contributed by atoms with van der Waals surface area (Å²) in [6, 6.07) is 8.12. The molecular formula is C20H19N5O2S. The summed E-state index contributed by atoms with van der Waals surface area (Å²) in [6.45, 7) is 2.62. The van der Waals surface area contributed by atoms with Crippen LogP contribution < -0.4 is 10.1 Å². The zero-order valence-electron chi connectivity index (χ0n) is 15.5. The highest BCUT2D eigenvalue weighted by Crippen LogP contribution is 2.32. The number of carbonyl (C=O) groups is 1. The minimum atomic E-state index is -0.138. The molecule has 0 aliphatic carbocycles. The number of fused-ring (bicyclic) bond motifs is 2. The van der Waals surface area contributed by atoms with E-state index in [-0.39, 0.29) is 17.9 Å². The third-order valence-electron chi connectivity index (χ3n) is 5.26. The molecule has 1 N–H and O–H groups in total. The number of thiazole rings is 1. The first-order valence-corrected chi connectivity index (χ1v) is 10.1. The molecule has 0 saturated carbocycles. The predicted octanol–water partition coefficient (Wildman–Crippen LogP) is 3.15. The number of rotatable bonds is 4. The first-order chi connectivity index (χ1) is 13.6. The van der Waals surface area contributed by atoms with Crippen LogP contribution in [0.15, 0.2) is 36.1 Å². The molecule has 1 aromatic carbocycles. The molecule has 3 aromatic heterocycles. The Morgan fingerprint density at radius 1 is 1.29 bits per heavy atom. The third-order valence-corrected chi connectivity index (χ3v) is 6.07. The van der Waals surface area contributed by atoms with Crippen LogP contribution in [0.1, 0.15) is 13.3 Å². The number of aryl methyl sites for hydroxylation is 1. The molecule has 1 aliphatic rings. The van der Waals surface area contributed by atoms with Crippen LogP contribution in [0.25, 0.3) is 32.5 Å².